The van der Waals surface area contributed by atoms with Gasteiger partial charge < -0.3 is 0 Å². The standard InChI is InChI=1S/C21H15BrIN3/c22-18-12-11-17(13-19(18)23)26-24-20(15-7-3-1-4-8-15)14-21(25-26)16-9-5-2-6-10-16/h1-14,24H. The molecule has 0 spiro atoms. The highest BCUT2D eigenvalue weighted by atomic mass is 127. The number of nitrogens with one attached hydrogen (secondary N) is 1. The van der Waals surface area contributed by atoms with Crippen molar-refractivity contribution in [2.24, 2.45) is 5.10 Å². The molecule has 0 fully saturated rings. The Morgan fingerprint density at radius 2 is 1.50 bits per heavy atom. The van der Waals surface area contributed by atoms with Crippen LogP contribution in [0.5, 0.6) is 0 Å². The summed E-state index contributed by atoms with van der Waals surface area (Å²) in [5, 5.41) is 6.65. The van der Waals surface area contributed by atoms with Gasteiger partial charge in [0.1, 0.15) is 0 Å². The molecule has 3 nitrogen and oxygen atoms in total. The first kappa shape index (κ1) is 17.3. The summed E-state index contributed by atoms with van der Waals surface area (Å²) in [4.78, 5) is 0. The molecule has 3 aromatic carbocycles. The van der Waals surface area contributed by atoms with E-state index in [1.807, 2.05) is 53.6 Å². The van der Waals surface area contributed by atoms with Crippen molar-refractivity contribution in [3.63, 3.8) is 0 Å². The number of hydrogen-bond acceptors (Lipinski definition) is 3. The van der Waals surface area contributed by atoms with E-state index in [2.05, 4.69) is 80.4 Å². The second-order valence-electron chi connectivity index (χ2n) is 5.80. The minimum absolute atomic E-state index is 0.918. The van der Waals surface area contributed by atoms with E-state index >= 15 is 0 Å². The Bertz CT molecular complexity index is 985. The molecule has 0 saturated heterocycles. The number of benzene rings is 3. The quantitative estimate of drug-likeness (QED) is 0.445. The maximum atomic E-state index is 4.81. The second kappa shape index (κ2) is 7.63. The van der Waals surface area contributed by atoms with Crippen LogP contribution in [0.4, 0.5) is 5.69 Å². The van der Waals surface area contributed by atoms with Gasteiger partial charge >= 0.3 is 0 Å². The van der Waals surface area contributed by atoms with Gasteiger partial charge in [-0.05, 0) is 68.4 Å². The molecule has 128 valence electrons. The molecule has 0 radical (unpaired) electrons. The largest absolute Gasteiger partial charge is 0.277 e. The molecule has 4 rings (SSSR count). The van der Waals surface area contributed by atoms with Crippen molar-refractivity contribution >= 4 is 55.6 Å². The van der Waals surface area contributed by atoms with Gasteiger partial charge in [0.25, 0.3) is 0 Å². The van der Waals surface area contributed by atoms with Gasteiger partial charge in [0.15, 0.2) is 0 Å². The van der Waals surface area contributed by atoms with E-state index in [0.717, 1.165) is 36.3 Å². The third kappa shape index (κ3) is 3.68. The van der Waals surface area contributed by atoms with E-state index in [1.54, 1.807) is 0 Å². The van der Waals surface area contributed by atoms with Crippen molar-refractivity contribution in [3.8, 4) is 0 Å². The summed E-state index contributed by atoms with van der Waals surface area (Å²) in [5.74, 6) is 0. The Kier molecular flexibility index (Phi) is 5.08. The molecule has 1 N–H and O–H groups in total. The van der Waals surface area contributed by atoms with Gasteiger partial charge in [0.05, 0.1) is 17.1 Å². The van der Waals surface area contributed by atoms with E-state index in [1.165, 1.54) is 0 Å². The molecule has 1 aliphatic heterocycles. The summed E-state index contributed by atoms with van der Waals surface area (Å²) in [6.07, 6.45) is 2.09. The van der Waals surface area contributed by atoms with Gasteiger partial charge in [-0.25, -0.2) is 0 Å². The van der Waals surface area contributed by atoms with Crippen molar-refractivity contribution in [3.05, 3.63) is 104 Å². The predicted octanol–water partition coefficient (Wildman–Crippen LogP) is 5.82. The molecule has 1 heterocycles. The average Bonchev–Trinajstić information content (AvgIpc) is 2.71. The summed E-state index contributed by atoms with van der Waals surface area (Å²) in [6, 6.07) is 26.7. The number of hydrogen-bond donors (Lipinski definition) is 1. The molecule has 0 atom stereocenters. The van der Waals surface area contributed by atoms with Crippen LogP contribution in [0, 0.1) is 3.57 Å². The minimum atomic E-state index is 0.918. The first-order chi connectivity index (χ1) is 12.7. The van der Waals surface area contributed by atoms with Crippen LogP contribution in [-0.4, -0.2) is 5.71 Å². The fraction of sp³-hybridized carbons (Fsp3) is 0. The van der Waals surface area contributed by atoms with Crippen LogP contribution < -0.4 is 10.5 Å². The number of hydrazine groups is 1. The molecule has 1 aliphatic rings. The smallest absolute Gasteiger partial charge is 0.0949 e. The first-order valence-electron chi connectivity index (χ1n) is 8.14. The maximum absolute atomic E-state index is 4.81. The third-order valence-electron chi connectivity index (χ3n) is 4.02. The van der Waals surface area contributed by atoms with Crippen LogP contribution in [0.25, 0.3) is 5.70 Å². The number of nitrogens with zero attached hydrogens (tertiary/aromatic N) is 2. The SMILES string of the molecule is Brc1ccc(N2N=C(c3ccccc3)C=C(c3ccccc3)N2)cc1I. The van der Waals surface area contributed by atoms with Gasteiger partial charge in [0.2, 0.25) is 0 Å². The van der Waals surface area contributed by atoms with Crippen molar-refractivity contribution in [1.29, 1.82) is 0 Å². The zero-order chi connectivity index (χ0) is 17.9. The van der Waals surface area contributed by atoms with Crippen LogP contribution in [0.3, 0.4) is 0 Å². The number of rotatable bonds is 3. The zero-order valence-electron chi connectivity index (χ0n) is 13.7. The van der Waals surface area contributed by atoms with Gasteiger partial charge in [-0.2, -0.15) is 10.2 Å². The number of hydrazone groups is 1. The molecule has 0 amide bonds. The van der Waals surface area contributed by atoms with Crippen molar-refractivity contribution < 1.29 is 0 Å². The minimum Gasteiger partial charge on any atom is -0.277 e. The molecule has 5 heteroatoms. The Hall–Kier alpha value is -2.12. The van der Waals surface area contributed by atoms with Crippen molar-refractivity contribution in [2.75, 3.05) is 5.12 Å². The normalized spacial score (nSPS) is 13.7. The summed E-state index contributed by atoms with van der Waals surface area (Å²) in [5.41, 5.74) is 8.53. The molecule has 0 saturated carbocycles. The number of allylic oxidation sites excluding steroid dienone is 1. The summed E-state index contributed by atoms with van der Waals surface area (Å²) in [7, 11) is 0. The van der Waals surface area contributed by atoms with Crippen LogP contribution in [0.15, 0.2) is 94.5 Å². The Morgan fingerprint density at radius 3 is 2.15 bits per heavy atom. The van der Waals surface area contributed by atoms with Crippen molar-refractivity contribution in [1.82, 2.24) is 5.43 Å². The zero-order valence-corrected chi connectivity index (χ0v) is 17.5. The van der Waals surface area contributed by atoms with Gasteiger partial charge in [-0.3, -0.25) is 5.43 Å². The Morgan fingerprint density at radius 1 is 0.846 bits per heavy atom. The molecule has 0 bridgehead atoms. The molecular formula is C21H15BrIN3. The van der Waals surface area contributed by atoms with E-state index < -0.39 is 0 Å². The number of anilines is 1. The van der Waals surface area contributed by atoms with E-state index in [-0.39, 0.29) is 0 Å². The van der Waals surface area contributed by atoms with Gasteiger partial charge in [0, 0.05) is 13.6 Å². The van der Waals surface area contributed by atoms with Crippen LogP contribution in [-0.2, 0) is 0 Å². The molecule has 3 aromatic rings. The summed E-state index contributed by atoms with van der Waals surface area (Å²) >= 11 is 5.87. The highest BCUT2D eigenvalue weighted by molar-refractivity contribution is 14.1. The maximum Gasteiger partial charge on any atom is 0.0949 e. The van der Waals surface area contributed by atoms with Crippen LogP contribution in [0.2, 0.25) is 0 Å². The first-order valence-corrected chi connectivity index (χ1v) is 10.0. The van der Waals surface area contributed by atoms with Gasteiger partial charge in [-0.1, -0.05) is 60.7 Å². The molecular weight excluding hydrogens is 501 g/mol. The summed E-state index contributed by atoms with van der Waals surface area (Å²) < 4.78 is 2.21. The molecule has 0 unspecified atom stereocenters. The van der Waals surface area contributed by atoms with E-state index in [0.29, 0.717) is 0 Å². The Labute approximate surface area is 174 Å². The number of halogens is 2. The Balaban J connectivity index is 1.79. The highest BCUT2D eigenvalue weighted by Gasteiger charge is 2.17. The fourth-order valence-electron chi connectivity index (χ4n) is 2.70. The second-order valence-corrected chi connectivity index (χ2v) is 7.81. The van der Waals surface area contributed by atoms with E-state index in [4.69, 9.17) is 5.10 Å². The predicted molar refractivity (Wildman–Crippen MR) is 120 cm³/mol. The van der Waals surface area contributed by atoms with Crippen molar-refractivity contribution in [2.45, 2.75) is 0 Å². The molecule has 0 aromatic heterocycles. The van der Waals surface area contributed by atoms with Crippen LogP contribution >= 0.6 is 38.5 Å². The lowest BCUT2D eigenvalue weighted by Gasteiger charge is -2.28. The summed E-state index contributed by atoms with van der Waals surface area (Å²) in [6.45, 7) is 0. The van der Waals surface area contributed by atoms with Gasteiger partial charge in [-0.15, -0.1) is 0 Å². The van der Waals surface area contributed by atoms with E-state index in [9.17, 15) is 0 Å². The topological polar surface area (TPSA) is 27.6 Å². The third-order valence-corrected chi connectivity index (χ3v) is 6.34. The highest BCUT2D eigenvalue weighted by Crippen LogP contribution is 2.27. The monoisotopic (exact) mass is 515 g/mol. The van der Waals surface area contributed by atoms with Crippen LogP contribution in [0.1, 0.15) is 11.1 Å². The lowest BCUT2D eigenvalue weighted by atomic mass is 10.1. The lowest BCUT2D eigenvalue weighted by Crippen LogP contribution is -2.36. The average molecular weight is 516 g/mol. The lowest BCUT2D eigenvalue weighted by molar-refractivity contribution is 0.787. The fourth-order valence-corrected chi connectivity index (χ4v) is 3.44. The molecule has 26 heavy (non-hydrogen) atoms. The molecule has 0 aliphatic carbocycles.